The van der Waals surface area contributed by atoms with Crippen LogP contribution in [-0.2, 0) is 9.59 Å². The van der Waals surface area contributed by atoms with Crippen LogP contribution in [0.25, 0.3) is 0 Å². The van der Waals surface area contributed by atoms with E-state index < -0.39 is 6.10 Å². The molecular formula is C13H30O7. The summed E-state index contributed by atoms with van der Waals surface area (Å²) in [5.74, 6) is 0. The second kappa shape index (κ2) is 36.2. The molecule has 0 aliphatic carbocycles. The van der Waals surface area contributed by atoms with Gasteiger partial charge < -0.3 is 35.1 Å². The molecule has 0 aliphatic rings. The van der Waals surface area contributed by atoms with Crippen molar-refractivity contribution >= 4 is 12.6 Å². The van der Waals surface area contributed by atoms with Gasteiger partial charge in [0, 0.05) is 26.1 Å². The minimum absolute atomic E-state index is 0.250. The van der Waals surface area contributed by atoms with Gasteiger partial charge in [0.15, 0.2) is 0 Å². The fraction of sp³-hybridized carbons (Fsp3) is 0.846. The first-order valence-corrected chi connectivity index (χ1v) is 6.54. The van der Waals surface area contributed by atoms with E-state index in [1.54, 1.807) is 6.92 Å². The highest BCUT2D eigenvalue weighted by Gasteiger charge is 1.93. The zero-order valence-corrected chi connectivity index (χ0v) is 12.4. The summed E-state index contributed by atoms with van der Waals surface area (Å²) in [7, 11) is 0. The molecule has 0 aliphatic heterocycles. The number of carbonyl (C=O) groups excluding carboxylic acids is 2. The van der Waals surface area contributed by atoms with Crippen LogP contribution in [-0.4, -0.2) is 70.6 Å². The largest absolute Gasteiger partial charge is 0.397 e. The molecule has 0 radical (unpaired) electrons. The van der Waals surface area contributed by atoms with Crippen LogP contribution in [0, 0.1) is 0 Å². The van der Waals surface area contributed by atoms with E-state index in [4.69, 9.17) is 25.5 Å². The second-order valence-electron chi connectivity index (χ2n) is 3.32. The van der Waals surface area contributed by atoms with Gasteiger partial charge in [-0.05, 0) is 19.8 Å². The quantitative estimate of drug-likeness (QED) is 0.309. The summed E-state index contributed by atoms with van der Waals surface area (Å²) in [5.41, 5.74) is 0. The number of aldehydes is 2. The molecule has 0 rings (SSSR count). The molecule has 0 spiro atoms. The van der Waals surface area contributed by atoms with Crippen molar-refractivity contribution in [1.82, 2.24) is 0 Å². The highest BCUT2D eigenvalue weighted by atomic mass is 16.3. The van der Waals surface area contributed by atoms with Gasteiger partial charge in [-0.2, -0.15) is 0 Å². The summed E-state index contributed by atoms with van der Waals surface area (Å²) < 4.78 is 0. The maximum atomic E-state index is 9.56. The van der Waals surface area contributed by atoms with Crippen LogP contribution in [0.1, 0.15) is 39.5 Å². The Morgan fingerprint density at radius 1 is 0.900 bits per heavy atom. The van der Waals surface area contributed by atoms with Crippen LogP contribution in [0.5, 0.6) is 0 Å². The first-order chi connectivity index (χ1) is 9.55. The molecule has 0 aromatic heterocycles. The van der Waals surface area contributed by atoms with Crippen molar-refractivity contribution in [3.8, 4) is 0 Å². The third-order valence-corrected chi connectivity index (χ3v) is 1.29. The summed E-state index contributed by atoms with van der Waals surface area (Å²) in [6.45, 7) is 3.45. The molecule has 0 unspecified atom stereocenters. The average molecular weight is 298 g/mol. The third-order valence-electron chi connectivity index (χ3n) is 1.29. The van der Waals surface area contributed by atoms with Crippen LogP contribution >= 0.6 is 0 Å². The number of rotatable bonds is 7. The van der Waals surface area contributed by atoms with E-state index in [0.717, 1.165) is 19.0 Å². The maximum absolute atomic E-state index is 9.56. The SMILES string of the molecule is CCCO.CCO.O=CCCCC=O.OCC(O)CO. The zero-order valence-electron chi connectivity index (χ0n) is 12.4. The molecule has 5 N–H and O–H groups in total. The lowest BCUT2D eigenvalue weighted by atomic mass is 10.3. The fourth-order valence-corrected chi connectivity index (χ4v) is 0.342. The Labute approximate surface area is 120 Å². The van der Waals surface area contributed by atoms with E-state index in [1.807, 2.05) is 6.92 Å². The predicted octanol–water partition coefficient (Wildman–Crippen LogP) is -0.726. The number of aliphatic hydroxyl groups is 5. The molecular weight excluding hydrogens is 268 g/mol. The van der Waals surface area contributed by atoms with Gasteiger partial charge in [-0.15, -0.1) is 0 Å². The summed E-state index contributed by atoms with van der Waals surface area (Å²) in [4.78, 5) is 19.1. The molecule has 0 bridgehead atoms. The number of unbranched alkanes of at least 4 members (excludes halogenated alkanes) is 2. The van der Waals surface area contributed by atoms with Crippen molar-refractivity contribution in [3.63, 3.8) is 0 Å². The van der Waals surface area contributed by atoms with Gasteiger partial charge in [-0.3, -0.25) is 0 Å². The van der Waals surface area contributed by atoms with Crippen molar-refractivity contribution in [1.29, 1.82) is 0 Å². The van der Waals surface area contributed by atoms with E-state index in [1.165, 1.54) is 0 Å². The molecule has 0 saturated carbocycles. The van der Waals surface area contributed by atoms with Gasteiger partial charge in [0.25, 0.3) is 0 Å². The van der Waals surface area contributed by atoms with Crippen molar-refractivity contribution < 1.29 is 35.1 Å². The molecule has 0 aromatic carbocycles. The molecule has 7 heteroatoms. The van der Waals surface area contributed by atoms with E-state index in [2.05, 4.69) is 0 Å². The smallest absolute Gasteiger partial charge is 0.120 e. The Morgan fingerprint density at radius 2 is 1.20 bits per heavy atom. The van der Waals surface area contributed by atoms with Gasteiger partial charge in [-0.25, -0.2) is 0 Å². The third kappa shape index (κ3) is 67.4. The fourth-order valence-electron chi connectivity index (χ4n) is 0.342. The Bertz CT molecular complexity index is 140. The molecule has 7 nitrogen and oxygen atoms in total. The lowest BCUT2D eigenvalue weighted by Gasteiger charge is -1.96. The molecule has 124 valence electrons. The van der Waals surface area contributed by atoms with Crippen molar-refractivity contribution in [3.05, 3.63) is 0 Å². The summed E-state index contributed by atoms with van der Waals surface area (Å²) in [6, 6.07) is 0. The Morgan fingerprint density at radius 3 is 1.30 bits per heavy atom. The summed E-state index contributed by atoms with van der Waals surface area (Å²) in [6.07, 6.45) is 3.29. The molecule has 0 amide bonds. The Hall–Kier alpha value is -0.860. The second-order valence-corrected chi connectivity index (χ2v) is 3.32. The molecule has 0 saturated heterocycles. The first-order valence-electron chi connectivity index (χ1n) is 6.54. The zero-order chi connectivity index (χ0) is 16.6. The molecule has 0 fully saturated rings. The van der Waals surface area contributed by atoms with Gasteiger partial charge in [-0.1, -0.05) is 6.92 Å². The van der Waals surface area contributed by atoms with Gasteiger partial charge in [0.05, 0.1) is 13.2 Å². The van der Waals surface area contributed by atoms with Gasteiger partial charge >= 0.3 is 0 Å². The number of carbonyl (C=O) groups is 2. The van der Waals surface area contributed by atoms with Gasteiger partial charge in [0.1, 0.15) is 18.7 Å². The summed E-state index contributed by atoms with van der Waals surface area (Å²) in [5, 5.41) is 39.5. The number of hydrogen-bond acceptors (Lipinski definition) is 7. The van der Waals surface area contributed by atoms with E-state index in [9.17, 15) is 9.59 Å². The van der Waals surface area contributed by atoms with Crippen molar-refractivity contribution in [2.24, 2.45) is 0 Å². The van der Waals surface area contributed by atoms with Crippen LogP contribution in [0.15, 0.2) is 0 Å². The minimum Gasteiger partial charge on any atom is -0.397 e. The maximum Gasteiger partial charge on any atom is 0.120 e. The van der Waals surface area contributed by atoms with Crippen LogP contribution in [0.2, 0.25) is 0 Å². The minimum atomic E-state index is -0.954. The van der Waals surface area contributed by atoms with Crippen LogP contribution < -0.4 is 0 Å². The highest BCUT2D eigenvalue weighted by Crippen LogP contribution is 1.85. The summed E-state index contributed by atoms with van der Waals surface area (Å²) >= 11 is 0. The molecule has 0 heterocycles. The average Bonchev–Trinajstić information content (AvgIpc) is 2.48. The predicted molar refractivity (Wildman–Crippen MR) is 76.3 cm³/mol. The molecule has 0 aromatic rings. The monoisotopic (exact) mass is 298 g/mol. The molecule has 20 heavy (non-hydrogen) atoms. The van der Waals surface area contributed by atoms with Crippen molar-refractivity contribution in [2.75, 3.05) is 26.4 Å². The van der Waals surface area contributed by atoms with Crippen molar-refractivity contribution in [2.45, 2.75) is 45.6 Å². The van der Waals surface area contributed by atoms with E-state index >= 15 is 0 Å². The van der Waals surface area contributed by atoms with Crippen LogP contribution in [0.3, 0.4) is 0 Å². The van der Waals surface area contributed by atoms with Crippen LogP contribution in [0.4, 0.5) is 0 Å². The first kappa shape index (κ1) is 27.5. The number of aliphatic hydroxyl groups excluding tert-OH is 5. The lowest BCUT2D eigenvalue weighted by molar-refractivity contribution is -0.108. The standard InChI is InChI=1S/C5H8O2.C3H8O3.C3H8O.C2H6O/c6-4-2-1-3-5-7;4-1-3(6)2-5;1-2-3-4;1-2-3/h4-5H,1-3H2;3-6H,1-2H2;4H,2-3H2,1H3;3H,2H2,1H3. The topological polar surface area (TPSA) is 135 Å². The Balaban J connectivity index is -0.0000000899. The van der Waals surface area contributed by atoms with E-state index in [0.29, 0.717) is 25.9 Å². The highest BCUT2D eigenvalue weighted by molar-refractivity contribution is 5.52. The normalized spacial score (nSPS) is 8.20. The number of hydrogen-bond donors (Lipinski definition) is 5. The van der Waals surface area contributed by atoms with E-state index in [-0.39, 0.29) is 19.8 Å². The molecule has 0 atom stereocenters. The Kier molecular flexibility index (Phi) is 49.7. The lowest BCUT2D eigenvalue weighted by Crippen LogP contribution is -2.15. The van der Waals surface area contributed by atoms with Gasteiger partial charge in [0.2, 0.25) is 0 Å².